The minimum atomic E-state index is -0.175. The Morgan fingerprint density at radius 3 is 2.56 bits per heavy atom. The van der Waals surface area contributed by atoms with Gasteiger partial charge in [0.15, 0.2) is 0 Å². The maximum absolute atomic E-state index is 5.93. The van der Waals surface area contributed by atoms with Crippen LogP contribution < -0.4 is 5.32 Å². The zero-order chi connectivity index (χ0) is 12.0. The molecule has 0 unspecified atom stereocenters. The molecule has 1 rings (SSSR count). The molecule has 1 aromatic rings. The van der Waals surface area contributed by atoms with Gasteiger partial charge >= 0.3 is 0 Å². The number of aromatic nitrogens is 1. The van der Waals surface area contributed by atoms with Gasteiger partial charge in [-0.3, -0.25) is 0 Å². The molecule has 92 valence electrons. The van der Waals surface area contributed by atoms with Gasteiger partial charge in [-0.25, -0.2) is 4.98 Å². The Kier molecular flexibility index (Phi) is 5.38. The van der Waals surface area contributed by atoms with Gasteiger partial charge in [0, 0.05) is 18.5 Å². The molecule has 0 radical (unpaired) electrons. The average Bonchev–Trinajstić information content (AvgIpc) is 2.76. The van der Waals surface area contributed by atoms with E-state index in [0.29, 0.717) is 0 Å². The first-order valence-electron chi connectivity index (χ1n) is 5.95. The SMILES string of the molecule is CCOC(CC)(CC)c1nc(CNC)cs1. The Balaban J connectivity index is 2.91. The first-order chi connectivity index (χ1) is 7.72. The van der Waals surface area contributed by atoms with Gasteiger partial charge in [0.1, 0.15) is 10.6 Å². The number of ether oxygens (including phenoxy) is 1. The molecule has 1 aromatic heterocycles. The zero-order valence-electron chi connectivity index (χ0n) is 10.7. The van der Waals surface area contributed by atoms with E-state index in [-0.39, 0.29) is 5.60 Å². The van der Waals surface area contributed by atoms with E-state index in [1.165, 1.54) is 0 Å². The zero-order valence-corrected chi connectivity index (χ0v) is 11.5. The highest BCUT2D eigenvalue weighted by Gasteiger charge is 2.32. The smallest absolute Gasteiger partial charge is 0.125 e. The van der Waals surface area contributed by atoms with Crippen LogP contribution in [0.5, 0.6) is 0 Å². The van der Waals surface area contributed by atoms with Crippen LogP contribution in [0.2, 0.25) is 0 Å². The predicted octanol–water partition coefficient (Wildman–Crippen LogP) is 2.91. The molecular formula is C12H22N2OS. The van der Waals surface area contributed by atoms with E-state index in [4.69, 9.17) is 4.74 Å². The van der Waals surface area contributed by atoms with E-state index >= 15 is 0 Å². The predicted molar refractivity (Wildman–Crippen MR) is 68.8 cm³/mol. The Morgan fingerprint density at radius 2 is 2.06 bits per heavy atom. The van der Waals surface area contributed by atoms with Crippen LogP contribution in [-0.4, -0.2) is 18.6 Å². The van der Waals surface area contributed by atoms with Crippen molar-refractivity contribution in [2.24, 2.45) is 0 Å². The van der Waals surface area contributed by atoms with Crippen molar-refractivity contribution < 1.29 is 4.74 Å². The van der Waals surface area contributed by atoms with E-state index in [0.717, 1.165) is 36.7 Å². The molecule has 0 fully saturated rings. The molecule has 3 nitrogen and oxygen atoms in total. The second kappa shape index (κ2) is 6.33. The van der Waals surface area contributed by atoms with Gasteiger partial charge in [-0.15, -0.1) is 11.3 Å². The summed E-state index contributed by atoms with van der Waals surface area (Å²) >= 11 is 1.71. The minimum Gasteiger partial charge on any atom is -0.368 e. The maximum Gasteiger partial charge on any atom is 0.125 e. The van der Waals surface area contributed by atoms with Crippen LogP contribution in [0.3, 0.4) is 0 Å². The monoisotopic (exact) mass is 242 g/mol. The molecule has 4 heteroatoms. The van der Waals surface area contributed by atoms with E-state index in [1.54, 1.807) is 11.3 Å². The van der Waals surface area contributed by atoms with Gasteiger partial charge in [-0.05, 0) is 26.8 Å². The summed E-state index contributed by atoms with van der Waals surface area (Å²) in [5.41, 5.74) is 0.930. The summed E-state index contributed by atoms with van der Waals surface area (Å²) in [4.78, 5) is 4.66. The number of nitrogens with zero attached hydrogens (tertiary/aromatic N) is 1. The Morgan fingerprint density at radius 1 is 1.38 bits per heavy atom. The summed E-state index contributed by atoms with van der Waals surface area (Å²) in [6.45, 7) is 7.94. The third-order valence-electron chi connectivity index (χ3n) is 2.86. The summed E-state index contributed by atoms with van der Waals surface area (Å²) in [7, 11) is 1.94. The molecule has 1 N–H and O–H groups in total. The van der Waals surface area contributed by atoms with Crippen LogP contribution in [0.1, 0.15) is 44.3 Å². The Hall–Kier alpha value is -0.450. The fourth-order valence-corrected chi connectivity index (χ4v) is 2.99. The fraction of sp³-hybridized carbons (Fsp3) is 0.750. The normalized spacial score (nSPS) is 12.0. The molecule has 0 saturated heterocycles. The van der Waals surface area contributed by atoms with Crippen LogP contribution in [0, 0.1) is 0 Å². The number of hydrogen-bond donors (Lipinski definition) is 1. The van der Waals surface area contributed by atoms with Crippen molar-refractivity contribution in [1.29, 1.82) is 0 Å². The quantitative estimate of drug-likeness (QED) is 0.798. The summed E-state index contributed by atoms with van der Waals surface area (Å²) in [6, 6.07) is 0. The molecule has 0 atom stereocenters. The molecule has 0 aliphatic carbocycles. The number of nitrogens with one attached hydrogen (secondary N) is 1. The number of thiazole rings is 1. The molecule has 16 heavy (non-hydrogen) atoms. The van der Waals surface area contributed by atoms with Crippen LogP contribution in [0.15, 0.2) is 5.38 Å². The van der Waals surface area contributed by atoms with Crippen LogP contribution >= 0.6 is 11.3 Å². The molecule has 0 spiro atoms. The second-order valence-electron chi connectivity index (χ2n) is 3.81. The fourth-order valence-electron chi connectivity index (χ4n) is 1.87. The Labute approximate surface area is 102 Å². The summed E-state index contributed by atoms with van der Waals surface area (Å²) in [5, 5.41) is 6.35. The first-order valence-corrected chi connectivity index (χ1v) is 6.83. The number of rotatable bonds is 7. The lowest BCUT2D eigenvalue weighted by Gasteiger charge is -2.29. The van der Waals surface area contributed by atoms with Crippen LogP contribution in [0.25, 0.3) is 0 Å². The highest BCUT2D eigenvalue weighted by molar-refractivity contribution is 7.09. The van der Waals surface area contributed by atoms with Gasteiger partial charge < -0.3 is 10.1 Å². The van der Waals surface area contributed by atoms with Crippen LogP contribution in [-0.2, 0) is 16.9 Å². The van der Waals surface area contributed by atoms with E-state index in [1.807, 2.05) is 14.0 Å². The molecule has 0 bridgehead atoms. The summed E-state index contributed by atoms with van der Waals surface area (Å²) < 4.78 is 5.93. The van der Waals surface area contributed by atoms with Gasteiger partial charge in [-0.1, -0.05) is 13.8 Å². The van der Waals surface area contributed by atoms with Crippen molar-refractivity contribution in [3.8, 4) is 0 Å². The Bertz CT molecular complexity index is 308. The molecule has 1 heterocycles. The van der Waals surface area contributed by atoms with E-state index in [9.17, 15) is 0 Å². The summed E-state index contributed by atoms with van der Waals surface area (Å²) in [6.07, 6.45) is 1.95. The molecular weight excluding hydrogens is 220 g/mol. The topological polar surface area (TPSA) is 34.1 Å². The lowest BCUT2D eigenvalue weighted by atomic mass is 9.98. The van der Waals surface area contributed by atoms with Crippen molar-refractivity contribution in [3.63, 3.8) is 0 Å². The maximum atomic E-state index is 5.93. The molecule has 0 aliphatic rings. The number of hydrogen-bond acceptors (Lipinski definition) is 4. The molecule has 0 saturated carbocycles. The highest BCUT2D eigenvalue weighted by Crippen LogP contribution is 2.35. The third kappa shape index (κ3) is 2.81. The largest absolute Gasteiger partial charge is 0.368 e. The van der Waals surface area contributed by atoms with Crippen molar-refractivity contribution in [3.05, 3.63) is 16.1 Å². The van der Waals surface area contributed by atoms with E-state index in [2.05, 4.69) is 29.5 Å². The second-order valence-corrected chi connectivity index (χ2v) is 4.67. The molecule has 0 amide bonds. The highest BCUT2D eigenvalue weighted by atomic mass is 32.1. The summed E-state index contributed by atoms with van der Waals surface area (Å²) in [5.74, 6) is 0. The lowest BCUT2D eigenvalue weighted by molar-refractivity contribution is -0.0507. The lowest BCUT2D eigenvalue weighted by Crippen LogP contribution is -2.28. The van der Waals surface area contributed by atoms with Crippen molar-refractivity contribution in [2.45, 2.75) is 45.8 Å². The minimum absolute atomic E-state index is 0.175. The standard InChI is InChI=1S/C12H22N2OS/c1-5-12(6-2,15-7-3)11-14-10(8-13-4)9-16-11/h9,13H,5-8H2,1-4H3. The van der Waals surface area contributed by atoms with E-state index < -0.39 is 0 Å². The van der Waals surface area contributed by atoms with Gasteiger partial charge in [0.05, 0.1) is 5.69 Å². The van der Waals surface area contributed by atoms with Gasteiger partial charge in [0.2, 0.25) is 0 Å². The average molecular weight is 242 g/mol. The van der Waals surface area contributed by atoms with Crippen molar-refractivity contribution >= 4 is 11.3 Å². The van der Waals surface area contributed by atoms with Gasteiger partial charge in [0.25, 0.3) is 0 Å². The van der Waals surface area contributed by atoms with Crippen molar-refractivity contribution in [1.82, 2.24) is 10.3 Å². The molecule has 0 aliphatic heterocycles. The van der Waals surface area contributed by atoms with Crippen LogP contribution in [0.4, 0.5) is 0 Å². The molecule has 0 aromatic carbocycles. The van der Waals surface area contributed by atoms with Crippen molar-refractivity contribution in [2.75, 3.05) is 13.7 Å². The first kappa shape index (κ1) is 13.6. The van der Waals surface area contributed by atoms with Gasteiger partial charge in [-0.2, -0.15) is 0 Å². The third-order valence-corrected chi connectivity index (χ3v) is 3.94.